The van der Waals surface area contributed by atoms with Crippen LogP contribution < -0.4 is 5.32 Å². The van der Waals surface area contributed by atoms with E-state index in [1.54, 1.807) is 0 Å². The van der Waals surface area contributed by atoms with E-state index in [0.29, 0.717) is 30.8 Å². The summed E-state index contributed by atoms with van der Waals surface area (Å²) in [6.45, 7) is 3.53. The number of methoxy groups -OCH3 is 1. The molecule has 0 spiro atoms. The summed E-state index contributed by atoms with van der Waals surface area (Å²) in [7, 11) is 1.44. The van der Waals surface area contributed by atoms with Crippen molar-refractivity contribution in [2.45, 2.75) is 12.8 Å². The molecular formula is C19H25ClN2O3. The number of nitrogens with one attached hydrogen (secondary N) is 1. The number of benzene rings is 1. The van der Waals surface area contributed by atoms with E-state index in [1.807, 2.05) is 23.1 Å². The second kappa shape index (κ2) is 7.34. The maximum Gasteiger partial charge on any atom is 0.309 e. The third kappa shape index (κ3) is 3.53. The van der Waals surface area contributed by atoms with Gasteiger partial charge in [-0.15, -0.1) is 12.4 Å². The highest BCUT2D eigenvalue weighted by molar-refractivity contribution is 5.95. The monoisotopic (exact) mass is 364 g/mol. The molecule has 1 amide bonds. The van der Waals surface area contributed by atoms with Crippen molar-refractivity contribution in [1.82, 2.24) is 10.2 Å². The number of ether oxygens (including phenoxy) is 1. The molecule has 1 aromatic rings. The molecule has 5 nitrogen and oxygen atoms in total. The van der Waals surface area contributed by atoms with Gasteiger partial charge in [-0.25, -0.2) is 0 Å². The van der Waals surface area contributed by atoms with Gasteiger partial charge in [-0.1, -0.05) is 12.1 Å². The smallest absolute Gasteiger partial charge is 0.309 e. The number of halogens is 1. The zero-order valence-electron chi connectivity index (χ0n) is 14.4. The first-order valence-electron chi connectivity index (χ1n) is 8.84. The largest absolute Gasteiger partial charge is 0.469 e. The first kappa shape index (κ1) is 18.2. The lowest BCUT2D eigenvalue weighted by molar-refractivity contribution is -0.143. The van der Waals surface area contributed by atoms with Crippen LogP contribution in [0.15, 0.2) is 24.3 Å². The van der Waals surface area contributed by atoms with Crippen LogP contribution in [0, 0.1) is 23.7 Å². The zero-order chi connectivity index (χ0) is 16.7. The second-order valence-corrected chi connectivity index (χ2v) is 7.35. The number of amides is 1. The van der Waals surface area contributed by atoms with Crippen molar-refractivity contribution in [3.05, 3.63) is 35.4 Å². The minimum atomic E-state index is -0.121. The number of likely N-dealkylation sites (tertiary alicyclic amines) is 1. The van der Waals surface area contributed by atoms with Gasteiger partial charge in [0.15, 0.2) is 0 Å². The molecule has 2 heterocycles. The predicted octanol–water partition coefficient (Wildman–Crippen LogP) is 1.75. The minimum Gasteiger partial charge on any atom is -0.469 e. The van der Waals surface area contributed by atoms with Gasteiger partial charge in [-0.2, -0.15) is 0 Å². The number of rotatable bonds is 4. The number of piperidine rings is 1. The van der Waals surface area contributed by atoms with Crippen LogP contribution >= 0.6 is 12.4 Å². The minimum absolute atomic E-state index is 0. The molecule has 3 aliphatic rings. The maximum atomic E-state index is 12.7. The van der Waals surface area contributed by atoms with Crippen LogP contribution in [0.25, 0.3) is 0 Å². The Morgan fingerprint density at radius 3 is 2.68 bits per heavy atom. The van der Waals surface area contributed by atoms with Crippen molar-refractivity contribution in [2.24, 2.45) is 23.7 Å². The van der Waals surface area contributed by atoms with Crippen molar-refractivity contribution in [3.8, 4) is 0 Å². The number of nitrogens with zero attached hydrogens (tertiary/aromatic N) is 1. The first-order chi connectivity index (χ1) is 11.7. The van der Waals surface area contributed by atoms with Crippen molar-refractivity contribution >= 4 is 24.3 Å². The lowest BCUT2D eigenvalue weighted by atomic mass is 9.97. The van der Waals surface area contributed by atoms with Gasteiger partial charge in [0.1, 0.15) is 0 Å². The van der Waals surface area contributed by atoms with Gasteiger partial charge in [0.05, 0.1) is 13.0 Å². The summed E-state index contributed by atoms with van der Waals surface area (Å²) in [5.74, 6) is 1.26. The summed E-state index contributed by atoms with van der Waals surface area (Å²) in [6.07, 6.45) is 2.24. The van der Waals surface area contributed by atoms with Gasteiger partial charge in [0.25, 0.3) is 5.91 Å². The summed E-state index contributed by atoms with van der Waals surface area (Å²) in [5.41, 5.74) is 2.01. The number of hydrogen-bond donors (Lipinski definition) is 1. The van der Waals surface area contributed by atoms with Gasteiger partial charge in [-0.3, -0.25) is 9.59 Å². The second-order valence-electron chi connectivity index (χ2n) is 7.35. The summed E-state index contributed by atoms with van der Waals surface area (Å²) in [4.78, 5) is 26.3. The zero-order valence-corrected chi connectivity index (χ0v) is 15.3. The molecule has 1 aliphatic carbocycles. The van der Waals surface area contributed by atoms with Crippen LogP contribution in [-0.4, -0.2) is 50.1 Å². The Balaban J connectivity index is 0.00000182. The van der Waals surface area contributed by atoms with Crippen molar-refractivity contribution in [3.63, 3.8) is 0 Å². The van der Waals surface area contributed by atoms with E-state index in [0.717, 1.165) is 25.1 Å². The highest BCUT2D eigenvalue weighted by atomic mass is 35.5. The third-order valence-electron chi connectivity index (χ3n) is 5.82. The van der Waals surface area contributed by atoms with Gasteiger partial charge in [0.2, 0.25) is 0 Å². The Morgan fingerprint density at radius 1 is 1.28 bits per heavy atom. The van der Waals surface area contributed by atoms with Crippen LogP contribution in [0.3, 0.4) is 0 Å². The number of carbonyl (C=O) groups is 2. The molecule has 25 heavy (non-hydrogen) atoms. The number of hydrogen-bond acceptors (Lipinski definition) is 4. The number of esters is 1. The molecular weight excluding hydrogens is 340 g/mol. The van der Waals surface area contributed by atoms with E-state index >= 15 is 0 Å². The number of fused-ring (bicyclic) bond motifs is 1. The SMILES string of the molecule is COC(=O)C1[C@H]2CN(C(=O)c3cccc(CC4CCNC4)c3)C[C@@H]12.Cl. The van der Waals surface area contributed by atoms with Crippen LogP contribution in [0.5, 0.6) is 0 Å². The topological polar surface area (TPSA) is 58.6 Å². The van der Waals surface area contributed by atoms with E-state index in [2.05, 4.69) is 11.4 Å². The van der Waals surface area contributed by atoms with Gasteiger partial charge in [0, 0.05) is 18.7 Å². The van der Waals surface area contributed by atoms with Crippen molar-refractivity contribution in [2.75, 3.05) is 33.3 Å². The summed E-state index contributed by atoms with van der Waals surface area (Å²) in [6, 6.07) is 8.05. The van der Waals surface area contributed by atoms with E-state index < -0.39 is 0 Å². The molecule has 1 N–H and O–H groups in total. The van der Waals surface area contributed by atoms with Crippen LogP contribution in [0.4, 0.5) is 0 Å². The molecule has 2 saturated heterocycles. The normalized spacial score (nSPS) is 29.7. The summed E-state index contributed by atoms with van der Waals surface area (Å²) < 4.78 is 4.82. The fourth-order valence-electron chi connectivity index (χ4n) is 4.41. The molecule has 4 rings (SSSR count). The summed E-state index contributed by atoms with van der Waals surface area (Å²) in [5, 5.41) is 3.39. The molecule has 3 fully saturated rings. The molecule has 136 valence electrons. The molecule has 0 radical (unpaired) electrons. The average molecular weight is 365 g/mol. The Bertz CT molecular complexity index is 648. The Hall–Kier alpha value is -1.59. The third-order valence-corrected chi connectivity index (χ3v) is 5.82. The average Bonchev–Trinajstić information content (AvgIpc) is 2.99. The first-order valence-corrected chi connectivity index (χ1v) is 8.84. The maximum absolute atomic E-state index is 12.7. The molecule has 1 saturated carbocycles. The standard InChI is InChI=1S/C19H24N2O3.ClH/c1-24-19(23)17-15-10-21(11-16(15)17)18(22)14-4-2-3-12(8-14)7-13-5-6-20-9-13;/h2-4,8,13,15-17,20H,5-7,9-11H2,1H3;1H/t13?,15-,16+,17?;. The van der Waals surface area contributed by atoms with Crippen molar-refractivity contribution < 1.29 is 14.3 Å². The van der Waals surface area contributed by atoms with E-state index in [1.165, 1.54) is 19.1 Å². The quantitative estimate of drug-likeness (QED) is 0.827. The van der Waals surface area contributed by atoms with Crippen molar-refractivity contribution in [1.29, 1.82) is 0 Å². The molecule has 2 aliphatic heterocycles. The molecule has 2 unspecified atom stereocenters. The number of carbonyl (C=O) groups excluding carboxylic acids is 2. The van der Waals surface area contributed by atoms with E-state index in [-0.39, 0.29) is 30.2 Å². The molecule has 0 bridgehead atoms. The fraction of sp³-hybridized carbons (Fsp3) is 0.579. The van der Waals surface area contributed by atoms with E-state index in [4.69, 9.17) is 4.74 Å². The lowest BCUT2D eigenvalue weighted by Crippen LogP contribution is -2.32. The Labute approximate surface area is 154 Å². The Kier molecular flexibility index (Phi) is 5.35. The summed E-state index contributed by atoms with van der Waals surface area (Å²) >= 11 is 0. The van der Waals surface area contributed by atoms with Crippen LogP contribution in [0.1, 0.15) is 22.3 Å². The molecule has 1 aromatic carbocycles. The highest BCUT2D eigenvalue weighted by Gasteiger charge is 2.60. The lowest BCUT2D eigenvalue weighted by Gasteiger charge is -2.20. The predicted molar refractivity (Wildman–Crippen MR) is 96.8 cm³/mol. The molecule has 0 aromatic heterocycles. The fourth-order valence-corrected chi connectivity index (χ4v) is 4.41. The van der Waals surface area contributed by atoms with Gasteiger partial charge >= 0.3 is 5.97 Å². The van der Waals surface area contributed by atoms with Gasteiger partial charge in [-0.05, 0) is 61.4 Å². The van der Waals surface area contributed by atoms with Crippen LogP contribution in [-0.2, 0) is 16.0 Å². The molecule has 4 atom stereocenters. The van der Waals surface area contributed by atoms with Gasteiger partial charge < -0.3 is 15.0 Å². The Morgan fingerprint density at radius 2 is 2.04 bits per heavy atom. The highest BCUT2D eigenvalue weighted by Crippen LogP contribution is 2.52. The van der Waals surface area contributed by atoms with Crippen LogP contribution in [0.2, 0.25) is 0 Å². The molecule has 6 heteroatoms. The van der Waals surface area contributed by atoms with E-state index in [9.17, 15) is 9.59 Å².